The van der Waals surface area contributed by atoms with Crippen LogP contribution in [-0.2, 0) is 0 Å². The molecule has 3 aromatic rings. The predicted molar refractivity (Wildman–Crippen MR) is 92.4 cm³/mol. The first-order chi connectivity index (χ1) is 12.0. The van der Waals surface area contributed by atoms with Crippen LogP contribution in [0.1, 0.15) is 10.4 Å². The number of hydrogen-bond acceptors (Lipinski definition) is 5. The molecular weight excluding hydrogens is 369 g/mol. The van der Waals surface area contributed by atoms with E-state index in [-0.39, 0.29) is 16.3 Å². The van der Waals surface area contributed by atoms with E-state index in [0.29, 0.717) is 16.4 Å². The van der Waals surface area contributed by atoms with Crippen molar-refractivity contribution in [2.75, 3.05) is 5.32 Å². The quantitative estimate of drug-likeness (QED) is 0.550. The van der Waals surface area contributed by atoms with E-state index >= 15 is 0 Å². The summed E-state index contributed by atoms with van der Waals surface area (Å²) in [5.41, 5.74) is 0.650. The summed E-state index contributed by atoms with van der Waals surface area (Å²) in [7, 11) is 0. The van der Waals surface area contributed by atoms with Crippen LogP contribution >= 0.6 is 23.2 Å². The molecule has 1 amide bonds. The lowest BCUT2D eigenvalue weighted by Gasteiger charge is -2.11. The molecule has 8 nitrogen and oxygen atoms in total. The Morgan fingerprint density at radius 2 is 2.00 bits per heavy atom. The molecule has 0 radical (unpaired) electrons. The van der Waals surface area contributed by atoms with Crippen LogP contribution in [0.4, 0.5) is 11.4 Å². The average Bonchev–Trinajstić information content (AvgIpc) is 3.09. The number of nitrogens with zero attached hydrogens (tertiary/aromatic N) is 4. The molecule has 0 unspecified atom stereocenters. The van der Waals surface area contributed by atoms with Crippen LogP contribution < -0.4 is 5.32 Å². The van der Waals surface area contributed by atoms with Gasteiger partial charge in [0.1, 0.15) is 17.7 Å². The van der Waals surface area contributed by atoms with Crippen LogP contribution in [0.3, 0.4) is 0 Å². The van der Waals surface area contributed by atoms with Crippen LogP contribution in [-0.4, -0.2) is 25.6 Å². The van der Waals surface area contributed by atoms with Crippen molar-refractivity contribution < 1.29 is 9.72 Å². The second kappa shape index (κ2) is 6.88. The third-order valence-electron chi connectivity index (χ3n) is 3.28. The lowest BCUT2D eigenvalue weighted by molar-refractivity contribution is -0.384. The van der Waals surface area contributed by atoms with Gasteiger partial charge in [-0.05, 0) is 30.3 Å². The highest BCUT2D eigenvalue weighted by molar-refractivity contribution is 6.33. The number of halogens is 2. The molecule has 0 atom stereocenters. The Balaban J connectivity index is 1.95. The van der Waals surface area contributed by atoms with Gasteiger partial charge in [0.25, 0.3) is 11.6 Å². The summed E-state index contributed by atoms with van der Waals surface area (Å²) in [4.78, 5) is 26.6. The van der Waals surface area contributed by atoms with E-state index in [1.807, 2.05) is 0 Å². The molecule has 2 aromatic carbocycles. The number of anilines is 1. The Labute approximate surface area is 151 Å². The van der Waals surface area contributed by atoms with Gasteiger partial charge in [-0.3, -0.25) is 14.9 Å². The largest absolute Gasteiger partial charge is 0.320 e. The number of nitro groups is 1. The zero-order valence-electron chi connectivity index (χ0n) is 12.4. The van der Waals surface area contributed by atoms with Crippen molar-refractivity contribution in [2.45, 2.75) is 0 Å². The summed E-state index contributed by atoms with van der Waals surface area (Å²) >= 11 is 11.8. The average molecular weight is 378 g/mol. The van der Waals surface area contributed by atoms with Gasteiger partial charge < -0.3 is 5.32 Å². The normalized spacial score (nSPS) is 10.5. The maximum atomic E-state index is 12.5. The molecule has 3 rings (SSSR count). The van der Waals surface area contributed by atoms with E-state index in [9.17, 15) is 14.9 Å². The fourth-order valence-electron chi connectivity index (χ4n) is 2.13. The third kappa shape index (κ3) is 3.59. The Morgan fingerprint density at radius 3 is 2.68 bits per heavy atom. The van der Waals surface area contributed by atoms with Crippen LogP contribution in [0.2, 0.25) is 10.0 Å². The first-order valence-corrected chi connectivity index (χ1v) is 7.61. The van der Waals surface area contributed by atoms with Crippen LogP contribution in [0.5, 0.6) is 0 Å². The van der Waals surface area contributed by atoms with E-state index in [2.05, 4.69) is 15.4 Å². The van der Waals surface area contributed by atoms with Gasteiger partial charge in [0, 0.05) is 16.7 Å². The number of rotatable bonds is 4. The van der Waals surface area contributed by atoms with Crippen molar-refractivity contribution in [2.24, 2.45) is 0 Å². The highest BCUT2D eigenvalue weighted by atomic mass is 35.5. The number of hydrogen-bond donors (Lipinski definition) is 1. The van der Waals surface area contributed by atoms with E-state index in [1.54, 1.807) is 18.2 Å². The Kier molecular flexibility index (Phi) is 4.64. The lowest BCUT2D eigenvalue weighted by Crippen LogP contribution is -2.14. The molecule has 25 heavy (non-hydrogen) atoms. The molecule has 1 aromatic heterocycles. The number of carbonyl (C=O) groups excluding carboxylic acids is 1. The summed E-state index contributed by atoms with van der Waals surface area (Å²) in [5, 5.41) is 18.0. The summed E-state index contributed by atoms with van der Waals surface area (Å²) in [6.07, 6.45) is 2.81. The molecule has 0 spiro atoms. The van der Waals surface area contributed by atoms with E-state index < -0.39 is 10.8 Å². The van der Waals surface area contributed by atoms with E-state index in [4.69, 9.17) is 23.2 Å². The van der Waals surface area contributed by atoms with Gasteiger partial charge in [0.15, 0.2) is 0 Å². The molecule has 0 aliphatic carbocycles. The topological polar surface area (TPSA) is 103 Å². The monoisotopic (exact) mass is 377 g/mol. The predicted octanol–water partition coefficient (Wildman–Crippen LogP) is 3.73. The summed E-state index contributed by atoms with van der Waals surface area (Å²) < 4.78 is 1.45. The highest BCUT2D eigenvalue weighted by Gasteiger charge is 2.17. The van der Waals surface area contributed by atoms with Crippen molar-refractivity contribution in [1.29, 1.82) is 0 Å². The number of nitro benzene ring substituents is 1. The van der Waals surface area contributed by atoms with Crippen molar-refractivity contribution in [3.63, 3.8) is 0 Å². The van der Waals surface area contributed by atoms with Crippen LogP contribution in [0.25, 0.3) is 5.69 Å². The van der Waals surface area contributed by atoms with Gasteiger partial charge in [0.2, 0.25) is 0 Å². The fraction of sp³-hybridized carbons (Fsp3) is 0. The molecule has 0 fully saturated rings. The lowest BCUT2D eigenvalue weighted by atomic mass is 10.1. The van der Waals surface area contributed by atoms with Crippen LogP contribution in [0, 0.1) is 10.1 Å². The molecule has 1 heterocycles. The number of carbonyl (C=O) groups is 1. The van der Waals surface area contributed by atoms with Crippen LogP contribution in [0.15, 0.2) is 49.1 Å². The number of benzene rings is 2. The smallest absolute Gasteiger partial charge is 0.288 e. The molecule has 0 bridgehead atoms. The van der Waals surface area contributed by atoms with E-state index in [1.165, 1.54) is 29.5 Å². The maximum Gasteiger partial charge on any atom is 0.288 e. The van der Waals surface area contributed by atoms with Crippen molar-refractivity contribution in [3.05, 3.63) is 74.8 Å². The van der Waals surface area contributed by atoms with Gasteiger partial charge in [0.05, 0.1) is 16.3 Å². The highest BCUT2D eigenvalue weighted by Crippen LogP contribution is 2.27. The molecule has 126 valence electrons. The summed E-state index contributed by atoms with van der Waals surface area (Å²) in [6, 6.07) is 8.64. The first-order valence-electron chi connectivity index (χ1n) is 6.85. The van der Waals surface area contributed by atoms with Gasteiger partial charge in [-0.15, -0.1) is 0 Å². The van der Waals surface area contributed by atoms with Gasteiger partial charge >= 0.3 is 0 Å². The minimum absolute atomic E-state index is 0.0485. The Morgan fingerprint density at radius 1 is 1.20 bits per heavy atom. The van der Waals surface area contributed by atoms with Gasteiger partial charge in [-0.25, -0.2) is 9.67 Å². The first kappa shape index (κ1) is 16.9. The zero-order chi connectivity index (χ0) is 18.0. The summed E-state index contributed by atoms with van der Waals surface area (Å²) in [5.74, 6) is -0.552. The second-order valence-electron chi connectivity index (χ2n) is 4.88. The number of aromatic nitrogens is 3. The molecule has 0 aliphatic heterocycles. The Bertz CT molecular complexity index is 960. The van der Waals surface area contributed by atoms with Crippen molar-refractivity contribution in [3.8, 4) is 5.69 Å². The SMILES string of the molecule is O=C(Nc1cc(Cl)ccc1-n1cncn1)c1ccc(Cl)c([N+](=O)[O-])c1. The molecule has 0 saturated heterocycles. The zero-order valence-corrected chi connectivity index (χ0v) is 13.9. The van der Waals surface area contributed by atoms with E-state index in [0.717, 1.165) is 6.07 Å². The fourth-order valence-corrected chi connectivity index (χ4v) is 2.49. The third-order valence-corrected chi connectivity index (χ3v) is 3.83. The second-order valence-corrected chi connectivity index (χ2v) is 5.72. The molecule has 1 N–H and O–H groups in total. The number of amides is 1. The Hall–Kier alpha value is -2.97. The van der Waals surface area contributed by atoms with Crippen molar-refractivity contribution >= 4 is 40.5 Å². The number of nitrogens with one attached hydrogen (secondary N) is 1. The molecular formula is C15H9Cl2N5O3. The van der Waals surface area contributed by atoms with Gasteiger partial charge in [-0.1, -0.05) is 23.2 Å². The molecule has 10 heteroatoms. The minimum atomic E-state index is -0.653. The minimum Gasteiger partial charge on any atom is -0.320 e. The molecule has 0 saturated carbocycles. The maximum absolute atomic E-state index is 12.5. The molecule has 0 aliphatic rings. The van der Waals surface area contributed by atoms with Crippen molar-refractivity contribution in [1.82, 2.24) is 14.8 Å². The standard InChI is InChI=1S/C15H9Cl2N5O3/c16-10-2-4-13(21-8-18-7-19-21)12(6-10)20-15(23)9-1-3-11(17)14(5-9)22(24)25/h1-8H,(H,20,23). The summed E-state index contributed by atoms with van der Waals surface area (Å²) in [6.45, 7) is 0. The van der Waals surface area contributed by atoms with Gasteiger partial charge in [-0.2, -0.15) is 5.10 Å².